The number of nitrogens with one attached hydrogen (secondary N) is 1. The van der Waals surface area contributed by atoms with Crippen molar-refractivity contribution >= 4 is 5.78 Å². The fourth-order valence-corrected chi connectivity index (χ4v) is 3.00. The van der Waals surface area contributed by atoms with Crippen molar-refractivity contribution in [1.82, 2.24) is 5.32 Å². The Morgan fingerprint density at radius 2 is 1.89 bits per heavy atom. The molecule has 2 rings (SSSR count). The highest BCUT2D eigenvalue weighted by Gasteiger charge is 2.40. The summed E-state index contributed by atoms with van der Waals surface area (Å²) in [5.41, 5.74) is 0.973. The molecule has 1 atom stereocenters. The second kappa shape index (κ2) is 6.33. The number of carbonyl (C=O) groups excluding carboxylic acids is 1. The average molecular weight is 259 g/mol. The topological polar surface area (TPSA) is 29.1 Å². The molecule has 2 nitrogen and oxygen atoms in total. The molecule has 1 fully saturated rings. The first-order chi connectivity index (χ1) is 9.19. The molecule has 0 saturated carbocycles. The second-order valence-corrected chi connectivity index (χ2v) is 5.84. The maximum atomic E-state index is 12.9. The summed E-state index contributed by atoms with van der Waals surface area (Å²) in [5, 5.41) is 3.38. The molecule has 1 aromatic carbocycles. The molecule has 1 aliphatic rings. The zero-order valence-electron chi connectivity index (χ0n) is 12.1. The number of benzene rings is 1. The molecule has 19 heavy (non-hydrogen) atoms. The molecule has 0 aromatic heterocycles. The van der Waals surface area contributed by atoms with Crippen molar-refractivity contribution in [3.63, 3.8) is 0 Å². The van der Waals surface area contributed by atoms with E-state index >= 15 is 0 Å². The van der Waals surface area contributed by atoms with Crippen LogP contribution in [-0.4, -0.2) is 18.9 Å². The predicted octanol–water partition coefficient (Wildman–Crippen LogP) is 3.31. The quantitative estimate of drug-likeness (QED) is 0.879. The highest BCUT2D eigenvalue weighted by atomic mass is 16.1. The van der Waals surface area contributed by atoms with Gasteiger partial charge in [0, 0.05) is 6.42 Å². The fourth-order valence-electron chi connectivity index (χ4n) is 3.00. The van der Waals surface area contributed by atoms with Crippen LogP contribution in [0.1, 0.15) is 45.1 Å². The summed E-state index contributed by atoms with van der Waals surface area (Å²) in [5.74, 6) is 0.928. The monoisotopic (exact) mass is 259 g/mol. The van der Waals surface area contributed by atoms with Crippen molar-refractivity contribution in [3.8, 4) is 0 Å². The first-order valence-corrected chi connectivity index (χ1v) is 7.48. The Balaban J connectivity index is 2.27. The summed E-state index contributed by atoms with van der Waals surface area (Å²) in [7, 11) is 0. The van der Waals surface area contributed by atoms with Gasteiger partial charge in [-0.05, 0) is 37.4 Å². The molecule has 0 bridgehead atoms. The van der Waals surface area contributed by atoms with Crippen LogP contribution in [0, 0.1) is 5.92 Å². The molecule has 1 aliphatic heterocycles. The summed E-state index contributed by atoms with van der Waals surface area (Å²) >= 11 is 0. The van der Waals surface area contributed by atoms with Gasteiger partial charge in [-0.3, -0.25) is 4.79 Å². The number of Topliss-reactive ketones (excluding diaryl/α,β-unsaturated/α-hetero) is 1. The van der Waals surface area contributed by atoms with Crippen LogP contribution in [0.25, 0.3) is 0 Å². The van der Waals surface area contributed by atoms with E-state index in [2.05, 4.69) is 43.4 Å². The second-order valence-electron chi connectivity index (χ2n) is 5.84. The summed E-state index contributed by atoms with van der Waals surface area (Å²) in [6.45, 7) is 6.23. The van der Waals surface area contributed by atoms with Gasteiger partial charge in [-0.2, -0.15) is 0 Å². The average Bonchev–Trinajstić information content (AvgIpc) is 2.48. The molecular formula is C17H25NO. The first-order valence-electron chi connectivity index (χ1n) is 7.48. The Hall–Kier alpha value is -1.15. The highest BCUT2D eigenvalue weighted by Crippen LogP contribution is 2.36. The van der Waals surface area contributed by atoms with Crippen molar-refractivity contribution in [2.24, 2.45) is 5.92 Å². The molecule has 0 radical (unpaired) electrons. The third-order valence-electron chi connectivity index (χ3n) is 4.55. The maximum Gasteiger partial charge on any atom is 0.143 e. The van der Waals surface area contributed by atoms with E-state index in [0.29, 0.717) is 18.1 Å². The Morgan fingerprint density at radius 3 is 2.47 bits per heavy atom. The van der Waals surface area contributed by atoms with Crippen LogP contribution in [0.15, 0.2) is 30.3 Å². The number of carbonyl (C=O) groups is 1. The van der Waals surface area contributed by atoms with Gasteiger partial charge in [0.15, 0.2) is 0 Å². The largest absolute Gasteiger partial charge is 0.317 e. The fraction of sp³-hybridized carbons (Fsp3) is 0.588. The minimum absolute atomic E-state index is 0.240. The number of ketones is 1. The standard InChI is InChI=1S/C17H25NO/c1-3-14(2)13-16(19)17(9-11-18-12-10-17)15-7-5-4-6-8-15/h4-8,14,18H,3,9-13H2,1-2H3. The van der Waals surface area contributed by atoms with E-state index in [-0.39, 0.29) is 5.41 Å². The lowest BCUT2D eigenvalue weighted by Crippen LogP contribution is -2.46. The van der Waals surface area contributed by atoms with E-state index < -0.39 is 0 Å². The van der Waals surface area contributed by atoms with Crippen LogP contribution >= 0.6 is 0 Å². The Kier molecular flexibility index (Phi) is 4.76. The first kappa shape index (κ1) is 14.3. The van der Waals surface area contributed by atoms with Crippen molar-refractivity contribution in [2.75, 3.05) is 13.1 Å². The van der Waals surface area contributed by atoms with Gasteiger partial charge in [0.2, 0.25) is 0 Å². The molecular weight excluding hydrogens is 234 g/mol. The lowest BCUT2D eigenvalue weighted by atomic mass is 9.68. The Morgan fingerprint density at radius 1 is 1.26 bits per heavy atom. The molecule has 0 aliphatic carbocycles. The molecule has 0 amide bonds. The van der Waals surface area contributed by atoms with Crippen LogP contribution in [-0.2, 0) is 10.2 Å². The van der Waals surface area contributed by atoms with Crippen LogP contribution in [0.2, 0.25) is 0 Å². The minimum Gasteiger partial charge on any atom is -0.317 e. The zero-order chi connectivity index (χ0) is 13.7. The van der Waals surface area contributed by atoms with Gasteiger partial charge >= 0.3 is 0 Å². The number of hydrogen-bond donors (Lipinski definition) is 1. The van der Waals surface area contributed by atoms with E-state index in [1.54, 1.807) is 0 Å². The van der Waals surface area contributed by atoms with Crippen molar-refractivity contribution in [3.05, 3.63) is 35.9 Å². The van der Waals surface area contributed by atoms with Crippen molar-refractivity contribution in [2.45, 2.75) is 44.9 Å². The third kappa shape index (κ3) is 3.06. The zero-order valence-corrected chi connectivity index (χ0v) is 12.1. The van der Waals surface area contributed by atoms with Gasteiger partial charge in [-0.25, -0.2) is 0 Å². The normalized spacial score (nSPS) is 19.9. The van der Waals surface area contributed by atoms with Gasteiger partial charge in [-0.1, -0.05) is 50.6 Å². The summed E-state index contributed by atoms with van der Waals surface area (Å²) in [6, 6.07) is 10.4. The Labute approximate surface area is 116 Å². The van der Waals surface area contributed by atoms with Crippen molar-refractivity contribution < 1.29 is 4.79 Å². The highest BCUT2D eigenvalue weighted by molar-refractivity contribution is 5.90. The minimum atomic E-state index is -0.240. The number of piperidine rings is 1. The number of hydrogen-bond acceptors (Lipinski definition) is 2. The molecule has 1 saturated heterocycles. The van der Waals surface area contributed by atoms with Crippen LogP contribution in [0.5, 0.6) is 0 Å². The van der Waals surface area contributed by atoms with E-state index in [0.717, 1.165) is 32.4 Å². The predicted molar refractivity (Wildman–Crippen MR) is 79.3 cm³/mol. The van der Waals surface area contributed by atoms with E-state index in [9.17, 15) is 4.79 Å². The van der Waals surface area contributed by atoms with Gasteiger partial charge in [0.05, 0.1) is 5.41 Å². The van der Waals surface area contributed by atoms with Gasteiger partial charge in [0.1, 0.15) is 5.78 Å². The molecule has 0 spiro atoms. The lowest BCUT2D eigenvalue weighted by Gasteiger charge is -2.37. The molecule has 1 aromatic rings. The van der Waals surface area contributed by atoms with Crippen LogP contribution < -0.4 is 5.32 Å². The molecule has 1 unspecified atom stereocenters. The SMILES string of the molecule is CCC(C)CC(=O)C1(c2ccccc2)CCNCC1. The molecule has 104 valence electrons. The summed E-state index contributed by atoms with van der Waals surface area (Å²) in [4.78, 5) is 12.9. The van der Waals surface area contributed by atoms with Gasteiger partial charge in [0.25, 0.3) is 0 Å². The Bertz CT molecular complexity index is 407. The molecule has 1 N–H and O–H groups in total. The van der Waals surface area contributed by atoms with Gasteiger partial charge < -0.3 is 5.32 Å². The summed E-state index contributed by atoms with van der Waals surface area (Å²) in [6.07, 6.45) is 3.67. The molecule has 1 heterocycles. The summed E-state index contributed by atoms with van der Waals surface area (Å²) < 4.78 is 0. The number of rotatable bonds is 5. The lowest BCUT2D eigenvalue weighted by molar-refractivity contribution is -0.126. The third-order valence-corrected chi connectivity index (χ3v) is 4.55. The van der Waals surface area contributed by atoms with E-state index in [4.69, 9.17) is 0 Å². The van der Waals surface area contributed by atoms with Crippen LogP contribution in [0.3, 0.4) is 0 Å². The van der Waals surface area contributed by atoms with Crippen LogP contribution in [0.4, 0.5) is 0 Å². The van der Waals surface area contributed by atoms with Gasteiger partial charge in [-0.15, -0.1) is 0 Å². The van der Waals surface area contributed by atoms with E-state index in [1.165, 1.54) is 5.56 Å². The van der Waals surface area contributed by atoms with Crippen molar-refractivity contribution in [1.29, 1.82) is 0 Å². The molecule has 2 heteroatoms. The smallest absolute Gasteiger partial charge is 0.143 e. The maximum absolute atomic E-state index is 12.9. The van der Waals surface area contributed by atoms with E-state index in [1.807, 2.05) is 6.07 Å².